The number of carbonyl (C=O) groups excluding carboxylic acids is 3. The molecule has 0 aromatic heterocycles. The van der Waals surface area contributed by atoms with Gasteiger partial charge in [-0.05, 0) is 36.4 Å². The maximum absolute atomic E-state index is 12.5. The number of hydrogen-bond acceptors (Lipinski definition) is 4. The van der Waals surface area contributed by atoms with Crippen molar-refractivity contribution in [3.8, 4) is 0 Å². The fraction of sp³-hybridized carbons (Fsp3) is 0.500. The summed E-state index contributed by atoms with van der Waals surface area (Å²) in [7, 11) is 1.62. The van der Waals surface area contributed by atoms with Gasteiger partial charge in [-0.1, -0.05) is 6.92 Å². The van der Waals surface area contributed by atoms with Crippen molar-refractivity contribution >= 4 is 35.3 Å². The molecule has 3 rings (SSSR count). The van der Waals surface area contributed by atoms with Gasteiger partial charge in [-0.15, -0.1) is 11.8 Å². The van der Waals surface area contributed by atoms with Crippen molar-refractivity contribution in [3.05, 3.63) is 24.3 Å². The monoisotopic (exact) mass is 376 g/mol. The third kappa shape index (κ3) is 3.95. The summed E-state index contributed by atoms with van der Waals surface area (Å²) in [5, 5.41) is 2.88. The van der Waals surface area contributed by atoms with Crippen LogP contribution in [0.15, 0.2) is 29.2 Å². The molecule has 0 radical (unpaired) electrons. The molecule has 2 aliphatic heterocycles. The van der Waals surface area contributed by atoms with Crippen molar-refractivity contribution in [1.82, 2.24) is 14.7 Å². The third-order valence-electron chi connectivity index (χ3n) is 4.60. The molecule has 0 unspecified atom stereocenters. The van der Waals surface area contributed by atoms with Gasteiger partial charge in [0.1, 0.15) is 6.04 Å². The highest BCUT2D eigenvalue weighted by Crippen LogP contribution is 2.22. The number of thioether (sulfide) groups is 1. The van der Waals surface area contributed by atoms with Crippen LogP contribution in [0.25, 0.3) is 0 Å². The standard InChI is InChI=1S/C18H24N4O3S/c1-3-10-26-14-6-4-13(5-7-14)19-18(25)21-8-9-22-15(11-21)17(24)20(2)12-16(22)23/h4-7,15H,3,8-12H2,1-2H3,(H,19,25)/t15-/m0/s1. The lowest BCUT2D eigenvalue weighted by Crippen LogP contribution is -2.67. The highest BCUT2D eigenvalue weighted by molar-refractivity contribution is 7.99. The number of amides is 4. The average molecular weight is 376 g/mol. The van der Waals surface area contributed by atoms with Crippen LogP contribution in [0.3, 0.4) is 0 Å². The number of hydrogen-bond donors (Lipinski definition) is 1. The Hall–Kier alpha value is -2.22. The molecule has 1 aromatic rings. The molecule has 26 heavy (non-hydrogen) atoms. The molecule has 0 saturated carbocycles. The van der Waals surface area contributed by atoms with Crippen LogP contribution < -0.4 is 5.32 Å². The van der Waals surface area contributed by atoms with E-state index in [1.807, 2.05) is 24.3 Å². The molecule has 0 aliphatic carbocycles. The second kappa shape index (κ2) is 7.99. The highest BCUT2D eigenvalue weighted by atomic mass is 32.2. The SMILES string of the molecule is CCCSc1ccc(NC(=O)N2CCN3C(=O)CN(C)C(=O)[C@@H]3C2)cc1. The minimum atomic E-state index is -0.575. The first-order valence-electron chi connectivity index (χ1n) is 8.83. The Morgan fingerprint density at radius 3 is 2.65 bits per heavy atom. The van der Waals surface area contributed by atoms with Gasteiger partial charge < -0.3 is 20.0 Å². The zero-order chi connectivity index (χ0) is 18.7. The lowest BCUT2D eigenvalue weighted by atomic mass is 10.1. The first-order valence-corrected chi connectivity index (χ1v) is 9.81. The summed E-state index contributed by atoms with van der Waals surface area (Å²) in [6, 6.07) is 6.93. The second-order valence-corrected chi connectivity index (χ2v) is 7.71. The van der Waals surface area contributed by atoms with Crippen LogP contribution in [-0.4, -0.2) is 77.6 Å². The summed E-state index contributed by atoms with van der Waals surface area (Å²) in [4.78, 5) is 42.7. The minimum Gasteiger partial charge on any atom is -0.335 e. The molecule has 1 atom stereocenters. The fourth-order valence-corrected chi connectivity index (χ4v) is 3.93. The average Bonchev–Trinajstić information content (AvgIpc) is 2.65. The number of benzene rings is 1. The maximum atomic E-state index is 12.5. The molecule has 7 nitrogen and oxygen atoms in total. The largest absolute Gasteiger partial charge is 0.335 e. The third-order valence-corrected chi connectivity index (χ3v) is 5.82. The van der Waals surface area contributed by atoms with Gasteiger partial charge in [0.2, 0.25) is 11.8 Å². The van der Waals surface area contributed by atoms with E-state index in [2.05, 4.69) is 12.2 Å². The van der Waals surface area contributed by atoms with E-state index in [0.717, 1.165) is 17.9 Å². The van der Waals surface area contributed by atoms with Crippen LogP contribution in [0.5, 0.6) is 0 Å². The van der Waals surface area contributed by atoms with Crippen molar-refractivity contribution in [1.29, 1.82) is 0 Å². The molecule has 140 valence electrons. The normalized spacial score (nSPS) is 20.2. The van der Waals surface area contributed by atoms with Crippen molar-refractivity contribution in [2.45, 2.75) is 24.3 Å². The van der Waals surface area contributed by atoms with E-state index in [1.54, 1.807) is 28.6 Å². The Bertz CT molecular complexity index is 694. The Labute approximate surface area is 157 Å². The van der Waals surface area contributed by atoms with Gasteiger partial charge in [-0.3, -0.25) is 9.59 Å². The van der Waals surface area contributed by atoms with E-state index in [4.69, 9.17) is 0 Å². The van der Waals surface area contributed by atoms with Crippen molar-refractivity contribution in [2.24, 2.45) is 0 Å². The van der Waals surface area contributed by atoms with Crippen LogP contribution >= 0.6 is 11.8 Å². The lowest BCUT2D eigenvalue weighted by Gasteiger charge is -2.45. The number of fused-ring (bicyclic) bond motifs is 1. The summed E-state index contributed by atoms with van der Waals surface area (Å²) in [6.07, 6.45) is 1.12. The molecule has 4 amide bonds. The van der Waals surface area contributed by atoms with Crippen LogP contribution in [0, 0.1) is 0 Å². The second-order valence-electron chi connectivity index (χ2n) is 6.55. The fourth-order valence-electron chi connectivity index (χ4n) is 3.16. The molecule has 2 saturated heterocycles. The van der Waals surface area contributed by atoms with Crippen LogP contribution in [-0.2, 0) is 9.59 Å². The first-order chi connectivity index (χ1) is 12.5. The predicted octanol–water partition coefficient (Wildman–Crippen LogP) is 1.71. The van der Waals surface area contributed by atoms with Crippen molar-refractivity contribution in [3.63, 3.8) is 0 Å². The Morgan fingerprint density at radius 1 is 1.23 bits per heavy atom. The number of anilines is 1. The van der Waals surface area contributed by atoms with Crippen LogP contribution in [0.2, 0.25) is 0 Å². The summed E-state index contributed by atoms with van der Waals surface area (Å²) >= 11 is 1.79. The molecular formula is C18H24N4O3S. The van der Waals surface area contributed by atoms with E-state index in [-0.39, 0.29) is 30.9 Å². The molecule has 1 N–H and O–H groups in total. The molecular weight excluding hydrogens is 352 g/mol. The number of nitrogens with zero attached hydrogens (tertiary/aromatic N) is 3. The molecule has 2 fully saturated rings. The maximum Gasteiger partial charge on any atom is 0.321 e. The zero-order valence-corrected chi connectivity index (χ0v) is 15.9. The Morgan fingerprint density at radius 2 is 1.96 bits per heavy atom. The first kappa shape index (κ1) is 18.6. The van der Waals surface area contributed by atoms with Gasteiger partial charge >= 0.3 is 6.03 Å². The van der Waals surface area contributed by atoms with E-state index >= 15 is 0 Å². The molecule has 0 spiro atoms. The predicted molar refractivity (Wildman–Crippen MR) is 101 cm³/mol. The lowest BCUT2D eigenvalue weighted by molar-refractivity contribution is -0.157. The number of rotatable bonds is 4. The molecule has 8 heteroatoms. The van der Waals surface area contributed by atoms with Crippen molar-refractivity contribution in [2.75, 3.05) is 44.3 Å². The summed E-state index contributed by atoms with van der Waals surface area (Å²) in [5.41, 5.74) is 0.724. The molecule has 2 heterocycles. The van der Waals surface area contributed by atoms with Gasteiger partial charge in [0.05, 0.1) is 13.1 Å². The van der Waals surface area contributed by atoms with Gasteiger partial charge in [0.15, 0.2) is 0 Å². The van der Waals surface area contributed by atoms with Crippen molar-refractivity contribution < 1.29 is 14.4 Å². The zero-order valence-electron chi connectivity index (χ0n) is 15.1. The van der Waals surface area contributed by atoms with Gasteiger partial charge in [0.25, 0.3) is 0 Å². The van der Waals surface area contributed by atoms with Gasteiger partial charge in [-0.2, -0.15) is 0 Å². The Kier molecular flexibility index (Phi) is 5.70. The Balaban J connectivity index is 1.60. The quantitative estimate of drug-likeness (QED) is 0.812. The van der Waals surface area contributed by atoms with E-state index in [0.29, 0.717) is 13.1 Å². The van der Waals surface area contributed by atoms with E-state index in [9.17, 15) is 14.4 Å². The molecule has 2 aliphatic rings. The van der Waals surface area contributed by atoms with E-state index < -0.39 is 6.04 Å². The minimum absolute atomic E-state index is 0.0580. The highest BCUT2D eigenvalue weighted by Gasteiger charge is 2.42. The molecule has 1 aromatic carbocycles. The summed E-state index contributed by atoms with van der Waals surface area (Å²) in [6.45, 7) is 3.30. The summed E-state index contributed by atoms with van der Waals surface area (Å²) < 4.78 is 0. The number of piperazine rings is 2. The number of carbonyl (C=O) groups is 3. The van der Waals surface area contributed by atoms with E-state index in [1.165, 1.54) is 9.80 Å². The summed E-state index contributed by atoms with van der Waals surface area (Å²) in [5.74, 6) is 0.898. The molecule has 0 bridgehead atoms. The van der Waals surface area contributed by atoms with Gasteiger partial charge in [0, 0.05) is 30.7 Å². The van der Waals surface area contributed by atoms with Crippen LogP contribution in [0.4, 0.5) is 10.5 Å². The van der Waals surface area contributed by atoms with Crippen LogP contribution in [0.1, 0.15) is 13.3 Å². The van der Waals surface area contributed by atoms with Gasteiger partial charge in [-0.25, -0.2) is 4.79 Å². The number of urea groups is 1. The topological polar surface area (TPSA) is 73.0 Å². The number of likely N-dealkylation sites (N-methyl/N-ethyl adjacent to an activating group) is 1. The number of nitrogens with one attached hydrogen (secondary N) is 1. The smallest absolute Gasteiger partial charge is 0.321 e.